The van der Waals surface area contributed by atoms with Crippen LogP contribution in [0, 0.1) is 0 Å². The lowest BCUT2D eigenvalue weighted by Gasteiger charge is -2.08. The highest BCUT2D eigenvalue weighted by atomic mass is 32.2. The lowest BCUT2D eigenvalue weighted by atomic mass is 10.2. The molecular weight excluding hydrogens is 235 g/mol. The molecule has 0 bridgehead atoms. The summed E-state index contributed by atoms with van der Waals surface area (Å²) in [5.41, 5.74) is -3.76. The van der Waals surface area contributed by atoms with Gasteiger partial charge in [-0.1, -0.05) is 18.2 Å². The van der Waals surface area contributed by atoms with E-state index in [2.05, 4.69) is 4.99 Å². The zero-order valence-corrected chi connectivity index (χ0v) is 9.77. The quantitative estimate of drug-likeness (QED) is 0.578. The van der Waals surface area contributed by atoms with Crippen molar-refractivity contribution >= 4 is 18.0 Å². The van der Waals surface area contributed by atoms with Gasteiger partial charge in [-0.3, -0.25) is 4.99 Å². The number of alkyl halides is 3. The van der Waals surface area contributed by atoms with E-state index in [0.29, 0.717) is 5.56 Å². The molecule has 0 N–H and O–H groups in total. The first kappa shape index (κ1) is 13.1. The summed E-state index contributed by atoms with van der Waals surface area (Å²) in [4.78, 5) is 4.26. The normalized spacial score (nSPS) is 12.6. The molecule has 0 fully saturated rings. The third-order valence-electron chi connectivity index (χ3n) is 1.66. The highest BCUT2D eigenvalue weighted by Gasteiger charge is 2.29. The van der Waals surface area contributed by atoms with Gasteiger partial charge in [0.2, 0.25) is 0 Å². The van der Waals surface area contributed by atoms with Crippen molar-refractivity contribution in [2.75, 3.05) is 0 Å². The molecule has 0 heterocycles. The Hall–Kier alpha value is -0.970. The van der Waals surface area contributed by atoms with E-state index in [0.717, 1.165) is 0 Å². The van der Waals surface area contributed by atoms with Crippen molar-refractivity contribution in [2.45, 2.75) is 30.3 Å². The lowest BCUT2D eigenvalue weighted by molar-refractivity contribution is -0.0328. The number of rotatable bonds is 3. The van der Waals surface area contributed by atoms with Gasteiger partial charge in [0, 0.05) is 22.7 Å². The molecule has 0 saturated heterocycles. The first-order chi connectivity index (χ1) is 7.38. The molecule has 1 nitrogen and oxygen atoms in total. The molecule has 1 aromatic rings. The van der Waals surface area contributed by atoms with Crippen LogP contribution in [0.1, 0.15) is 19.4 Å². The Morgan fingerprint density at radius 2 is 1.88 bits per heavy atom. The smallest absolute Gasteiger partial charge is 0.290 e. The van der Waals surface area contributed by atoms with Crippen LogP contribution in [0.2, 0.25) is 0 Å². The Morgan fingerprint density at radius 3 is 2.44 bits per heavy atom. The third kappa shape index (κ3) is 4.70. The van der Waals surface area contributed by atoms with E-state index in [-0.39, 0.29) is 22.7 Å². The lowest BCUT2D eigenvalue weighted by Crippen LogP contribution is -2.01. The maximum atomic E-state index is 12.2. The van der Waals surface area contributed by atoms with E-state index in [9.17, 15) is 13.2 Å². The van der Waals surface area contributed by atoms with Crippen molar-refractivity contribution in [3.63, 3.8) is 0 Å². The minimum absolute atomic E-state index is 0.0731. The molecule has 0 spiro atoms. The predicted molar refractivity (Wildman–Crippen MR) is 61.1 cm³/mol. The Morgan fingerprint density at radius 1 is 1.25 bits per heavy atom. The predicted octanol–water partition coefficient (Wildman–Crippen LogP) is 4.13. The largest absolute Gasteiger partial charge is 0.446 e. The standard InChI is InChI=1S/C11H12F3NS/c1-8(2)15-7-9-5-3-4-6-10(9)16-11(12,13)14/h3-8H,1-2H3. The Balaban J connectivity index is 2.92. The number of hydrogen-bond donors (Lipinski definition) is 0. The van der Waals surface area contributed by atoms with Crippen molar-refractivity contribution in [3.05, 3.63) is 29.8 Å². The number of hydrogen-bond acceptors (Lipinski definition) is 2. The molecule has 5 heteroatoms. The molecule has 0 unspecified atom stereocenters. The average molecular weight is 247 g/mol. The Labute approximate surface area is 96.8 Å². The average Bonchev–Trinajstić information content (AvgIpc) is 2.14. The molecule has 0 aliphatic heterocycles. The summed E-state index contributed by atoms with van der Waals surface area (Å²) in [6, 6.07) is 6.42. The second kappa shape index (κ2) is 5.39. The highest BCUT2D eigenvalue weighted by molar-refractivity contribution is 8.00. The molecule has 1 aromatic carbocycles. The molecule has 0 aliphatic carbocycles. The van der Waals surface area contributed by atoms with Gasteiger partial charge in [0.15, 0.2) is 0 Å². The van der Waals surface area contributed by atoms with Gasteiger partial charge >= 0.3 is 5.51 Å². The van der Waals surface area contributed by atoms with Gasteiger partial charge in [0.1, 0.15) is 0 Å². The topological polar surface area (TPSA) is 12.4 Å². The number of nitrogens with zero attached hydrogens (tertiary/aromatic N) is 1. The summed E-state index contributed by atoms with van der Waals surface area (Å²) in [7, 11) is 0. The molecule has 1 rings (SSSR count). The SMILES string of the molecule is CC(C)N=Cc1ccccc1SC(F)(F)F. The summed E-state index contributed by atoms with van der Waals surface area (Å²) in [5, 5.41) is 0. The molecule has 0 aliphatic rings. The van der Waals surface area contributed by atoms with Gasteiger partial charge in [-0.05, 0) is 31.7 Å². The fraction of sp³-hybridized carbons (Fsp3) is 0.364. The molecule has 0 saturated carbocycles. The summed E-state index contributed by atoms with van der Waals surface area (Å²) >= 11 is -0.112. The number of halogens is 3. The molecule has 0 radical (unpaired) electrons. The molecule has 88 valence electrons. The van der Waals surface area contributed by atoms with Crippen molar-refractivity contribution in [2.24, 2.45) is 4.99 Å². The number of aliphatic imine (C=N–C) groups is 1. The minimum Gasteiger partial charge on any atom is -0.290 e. The van der Waals surface area contributed by atoms with E-state index in [1.807, 2.05) is 13.8 Å². The molecule has 16 heavy (non-hydrogen) atoms. The highest BCUT2D eigenvalue weighted by Crippen LogP contribution is 2.37. The van der Waals surface area contributed by atoms with Crippen LogP contribution in [0.3, 0.4) is 0 Å². The fourth-order valence-electron chi connectivity index (χ4n) is 1.03. The number of thioether (sulfide) groups is 1. The van der Waals surface area contributed by atoms with Gasteiger partial charge < -0.3 is 0 Å². The van der Waals surface area contributed by atoms with Gasteiger partial charge in [-0.2, -0.15) is 13.2 Å². The Bertz CT molecular complexity index is 372. The Kier molecular flexibility index (Phi) is 4.41. The second-order valence-electron chi connectivity index (χ2n) is 3.46. The van der Waals surface area contributed by atoms with Crippen molar-refractivity contribution in [1.82, 2.24) is 0 Å². The van der Waals surface area contributed by atoms with E-state index in [1.54, 1.807) is 18.2 Å². The van der Waals surface area contributed by atoms with Crippen LogP contribution in [-0.4, -0.2) is 17.8 Å². The minimum atomic E-state index is -4.26. The summed E-state index contributed by atoms with van der Waals surface area (Å²) in [6.45, 7) is 3.74. The van der Waals surface area contributed by atoms with Crippen molar-refractivity contribution < 1.29 is 13.2 Å². The molecule has 0 amide bonds. The van der Waals surface area contributed by atoms with Gasteiger partial charge in [-0.25, -0.2) is 0 Å². The van der Waals surface area contributed by atoms with E-state index >= 15 is 0 Å². The van der Waals surface area contributed by atoms with Crippen LogP contribution in [0.4, 0.5) is 13.2 Å². The first-order valence-corrected chi connectivity index (χ1v) is 5.58. The summed E-state index contributed by atoms with van der Waals surface area (Å²) in [5.74, 6) is 0. The molecule has 0 aromatic heterocycles. The summed E-state index contributed by atoms with van der Waals surface area (Å²) in [6.07, 6.45) is 1.48. The van der Waals surface area contributed by atoms with Gasteiger partial charge in [0.25, 0.3) is 0 Å². The second-order valence-corrected chi connectivity index (χ2v) is 4.56. The first-order valence-electron chi connectivity index (χ1n) is 4.76. The van der Waals surface area contributed by atoms with E-state index in [1.165, 1.54) is 12.3 Å². The van der Waals surface area contributed by atoms with Crippen LogP contribution in [-0.2, 0) is 0 Å². The maximum Gasteiger partial charge on any atom is 0.446 e. The van der Waals surface area contributed by atoms with Crippen LogP contribution in [0.5, 0.6) is 0 Å². The zero-order valence-electron chi connectivity index (χ0n) is 8.95. The van der Waals surface area contributed by atoms with Crippen LogP contribution >= 0.6 is 11.8 Å². The maximum absolute atomic E-state index is 12.2. The number of benzene rings is 1. The van der Waals surface area contributed by atoms with Crippen LogP contribution < -0.4 is 0 Å². The van der Waals surface area contributed by atoms with E-state index < -0.39 is 5.51 Å². The van der Waals surface area contributed by atoms with E-state index in [4.69, 9.17) is 0 Å². The van der Waals surface area contributed by atoms with Gasteiger partial charge in [-0.15, -0.1) is 0 Å². The zero-order chi connectivity index (χ0) is 12.2. The summed E-state index contributed by atoms with van der Waals surface area (Å²) < 4.78 is 36.7. The molecule has 0 atom stereocenters. The third-order valence-corrected chi connectivity index (χ3v) is 2.48. The van der Waals surface area contributed by atoms with Gasteiger partial charge in [0.05, 0.1) is 0 Å². The molecular formula is C11H12F3NS. The van der Waals surface area contributed by atoms with Crippen molar-refractivity contribution in [3.8, 4) is 0 Å². The monoisotopic (exact) mass is 247 g/mol. The van der Waals surface area contributed by atoms with Crippen LogP contribution in [0.15, 0.2) is 34.2 Å². The van der Waals surface area contributed by atoms with Crippen molar-refractivity contribution in [1.29, 1.82) is 0 Å². The van der Waals surface area contributed by atoms with Crippen LogP contribution in [0.25, 0.3) is 0 Å². The fourth-order valence-corrected chi connectivity index (χ4v) is 1.67.